The molecular weight excluding hydrogens is 280 g/mol. The van der Waals surface area contributed by atoms with Crippen LogP contribution in [0.4, 0.5) is 0 Å². The van der Waals surface area contributed by atoms with Crippen molar-refractivity contribution in [2.45, 2.75) is 39.0 Å². The Hall–Kier alpha value is -2.12. The van der Waals surface area contributed by atoms with E-state index in [0.29, 0.717) is 6.54 Å². The number of nitrogens with zero attached hydrogens (tertiary/aromatic N) is 1. The second kappa shape index (κ2) is 10.6. The van der Waals surface area contributed by atoms with Crippen molar-refractivity contribution in [1.82, 2.24) is 10.2 Å². The normalized spacial score (nSPS) is 9.95. The monoisotopic (exact) mass is 302 g/mol. The number of aliphatic carboxylic acids is 2. The summed E-state index contributed by atoms with van der Waals surface area (Å²) in [5.41, 5.74) is 0. The summed E-state index contributed by atoms with van der Waals surface area (Å²) in [4.78, 5) is 45.4. The summed E-state index contributed by atoms with van der Waals surface area (Å²) in [5, 5.41) is 19.5. The molecule has 0 aliphatic carbocycles. The smallest absolute Gasteiger partial charge is 0.303 e. The highest BCUT2D eigenvalue weighted by molar-refractivity contribution is 5.81. The minimum Gasteiger partial charge on any atom is -0.481 e. The van der Waals surface area contributed by atoms with Crippen LogP contribution in [-0.2, 0) is 19.2 Å². The molecule has 3 N–H and O–H groups in total. The molecule has 0 saturated heterocycles. The standard InChI is InChI=1S/C13H22N2O6/c1-2-8-15(11(17)4-6-13(20)21)9-7-14-10(16)3-5-12(18)19/h2-9H2,1H3,(H,14,16)(H,18,19)(H,20,21). The van der Waals surface area contributed by atoms with Gasteiger partial charge >= 0.3 is 11.9 Å². The fourth-order valence-corrected chi connectivity index (χ4v) is 1.64. The van der Waals surface area contributed by atoms with E-state index in [1.54, 1.807) is 0 Å². The van der Waals surface area contributed by atoms with Crippen molar-refractivity contribution in [3.63, 3.8) is 0 Å². The number of carboxylic acid groups (broad SMARTS) is 2. The molecule has 0 atom stereocenters. The highest BCUT2D eigenvalue weighted by atomic mass is 16.4. The Kier molecular flexibility index (Phi) is 9.57. The fourth-order valence-electron chi connectivity index (χ4n) is 1.64. The van der Waals surface area contributed by atoms with E-state index in [2.05, 4.69) is 5.32 Å². The molecular formula is C13H22N2O6. The first-order valence-electron chi connectivity index (χ1n) is 6.84. The molecule has 0 aromatic rings. The molecule has 0 aromatic carbocycles. The lowest BCUT2D eigenvalue weighted by molar-refractivity contribution is -0.141. The lowest BCUT2D eigenvalue weighted by Crippen LogP contribution is -2.39. The second-order valence-corrected chi connectivity index (χ2v) is 4.52. The summed E-state index contributed by atoms with van der Waals surface area (Å²) in [7, 11) is 0. The quantitative estimate of drug-likeness (QED) is 0.496. The van der Waals surface area contributed by atoms with E-state index in [-0.39, 0.29) is 50.6 Å². The van der Waals surface area contributed by atoms with Crippen molar-refractivity contribution in [3.8, 4) is 0 Å². The van der Waals surface area contributed by atoms with Crippen molar-refractivity contribution in [1.29, 1.82) is 0 Å². The summed E-state index contributed by atoms with van der Waals surface area (Å²) in [5.74, 6) is -2.71. The molecule has 0 saturated carbocycles. The molecule has 0 rings (SSSR count). The van der Waals surface area contributed by atoms with Gasteiger partial charge in [0.25, 0.3) is 0 Å². The Morgan fingerprint density at radius 3 is 2.00 bits per heavy atom. The van der Waals surface area contributed by atoms with Gasteiger partial charge in [-0.25, -0.2) is 0 Å². The summed E-state index contributed by atoms with van der Waals surface area (Å²) in [6.45, 7) is 2.88. The molecule has 0 aromatic heterocycles. The molecule has 8 heteroatoms. The maximum atomic E-state index is 11.8. The van der Waals surface area contributed by atoms with Crippen LogP contribution in [0.1, 0.15) is 39.0 Å². The zero-order valence-corrected chi connectivity index (χ0v) is 12.1. The molecule has 0 aliphatic rings. The lowest BCUT2D eigenvalue weighted by atomic mass is 10.2. The van der Waals surface area contributed by atoms with Crippen molar-refractivity contribution < 1.29 is 29.4 Å². The van der Waals surface area contributed by atoms with Crippen LogP contribution in [0.15, 0.2) is 0 Å². The van der Waals surface area contributed by atoms with E-state index in [1.165, 1.54) is 4.90 Å². The van der Waals surface area contributed by atoms with Gasteiger partial charge in [0, 0.05) is 32.5 Å². The maximum absolute atomic E-state index is 11.8. The van der Waals surface area contributed by atoms with Gasteiger partial charge in [-0.3, -0.25) is 19.2 Å². The van der Waals surface area contributed by atoms with Crippen LogP contribution in [0.2, 0.25) is 0 Å². The average molecular weight is 302 g/mol. The van der Waals surface area contributed by atoms with Crippen molar-refractivity contribution in [2.24, 2.45) is 0 Å². The van der Waals surface area contributed by atoms with Crippen molar-refractivity contribution >= 4 is 23.8 Å². The maximum Gasteiger partial charge on any atom is 0.303 e. The predicted molar refractivity (Wildman–Crippen MR) is 73.6 cm³/mol. The van der Waals surface area contributed by atoms with E-state index in [9.17, 15) is 19.2 Å². The number of amides is 2. The van der Waals surface area contributed by atoms with E-state index in [1.807, 2.05) is 6.92 Å². The van der Waals surface area contributed by atoms with Crippen LogP contribution < -0.4 is 5.32 Å². The number of hydrogen-bond acceptors (Lipinski definition) is 4. The molecule has 0 fully saturated rings. The highest BCUT2D eigenvalue weighted by Gasteiger charge is 2.14. The van der Waals surface area contributed by atoms with Crippen LogP contribution in [0, 0.1) is 0 Å². The largest absolute Gasteiger partial charge is 0.481 e. The molecule has 0 radical (unpaired) electrons. The Morgan fingerprint density at radius 1 is 0.905 bits per heavy atom. The molecule has 21 heavy (non-hydrogen) atoms. The third kappa shape index (κ3) is 10.3. The van der Waals surface area contributed by atoms with Gasteiger partial charge in [0.05, 0.1) is 12.8 Å². The van der Waals surface area contributed by atoms with Gasteiger partial charge in [-0.2, -0.15) is 0 Å². The van der Waals surface area contributed by atoms with E-state index in [4.69, 9.17) is 10.2 Å². The van der Waals surface area contributed by atoms with Gasteiger partial charge in [-0.1, -0.05) is 6.92 Å². The number of hydrogen-bond donors (Lipinski definition) is 3. The number of carbonyl (C=O) groups is 4. The van der Waals surface area contributed by atoms with Gasteiger partial charge < -0.3 is 20.4 Å². The molecule has 0 unspecified atom stereocenters. The first kappa shape index (κ1) is 18.9. The third-order valence-electron chi connectivity index (χ3n) is 2.67. The molecule has 0 bridgehead atoms. The van der Waals surface area contributed by atoms with E-state index >= 15 is 0 Å². The first-order valence-corrected chi connectivity index (χ1v) is 6.84. The second-order valence-electron chi connectivity index (χ2n) is 4.52. The summed E-state index contributed by atoms with van der Waals surface area (Å²) in [6, 6.07) is 0. The zero-order chi connectivity index (χ0) is 16.3. The number of carboxylic acids is 2. The molecule has 0 heterocycles. The van der Waals surface area contributed by atoms with Crippen molar-refractivity contribution in [2.75, 3.05) is 19.6 Å². The highest BCUT2D eigenvalue weighted by Crippen LogP contribution is 1.99. The third-order valence-corrected chi connectivity index (χ3v) is 2.67. The Labute approximate surface area is 123 Å². The van der Waals surface area contributed by atoms with Gasteiger partial charge in [0.1, 0.15) is 0 Å². The molecule has 0 aliphatic heterocycles. The Bertz CT molecular complexity index is 383. The summed E-state index contributed by atoms with van der Waals surface area (Å²) in [6.07, 6.45) is 0.107. The van der Waals surface area contributed by atoms with Crippen LogP contribution in [0.5, 0.6) is 0 Å². The first-order chi connectivity index (χ1) is 9.86. The topological polar surface area (TPSA) is 124 Å². The molecule has 120 valence electrons. The van der Waals surface area contributed by atoms with Crippen LogP contribution in [0.25, 0.3) is 0 Å². The lowest BCUT2D eigenvalue weighted by Gasteiger charge is -2.22. The number of rotatable bonds is 11. The van der Waals surface area contributed by atoms with E-state index in [0.717, 1.165) is 6.42 Å². The van der Waals surface area contributed by atoms with Gasteiger partial charge in [-0.15, -0.1) is 0 Å². The van der Waals surface area contributed by atoms with Gasteiger partial charge in [0.15, 0.2) is 0 Å². The average Bonchev–Trinajstić information content (AvgIpc) is 2.41. The van der Waals surface area contributed by atoms with Gasteiger partial charge in [-0.05, 0) is 6.42 Å². The molecule has 8 nitrogen and oxygen atoms in total. The molecule has 2 amide bonds. The van der Waals surface area contributed by atoms with Crippen molar-refractivity contribution in [3.05, 3.63) is 0 Å². The predicted octanol–water partition coefficient (Wildman–Crippen LogP) is 0.0708. The van der Waals surface area contributed by atoms with E-state index < -0.39 is 11.9 Å². The Balaban J connectivity index is 4.08. The number of nitrogens with one attached hydrogen (secondary N) is 1. The fraction of sp³-hybridized carbons (Fsp3) is 0.692. The van der Waals surface area contributed by atoms with Crippen LogP contribution >= 0.6 is 0 Å². The summed E-state index contributed by atoms with van der Waals surface area (Å²) < 4.78 is 0. The Morgan fingerprint density at radius 2 is 1.48 bits per heavy atom. The minimum atomic E-state index is -1.04. The molecule has 0 spiro atoms. The minimum absolute atomic E-state index is 0.0672. The number of carbonyl (C=O) groups excluding carboxylic acids is 2. The SMILES string of the molecule is CCCN(CCNC(=O)CCC(=O)O)C(=O)CCC(=O)O. The van der Waals surface area contributed by atoms with Crippen LogP contribution in [0.3, 0.4) is 0 Å². The zero-order valence-electron chi connectivity index (χ0n) is 12.1. The van der Waals surface area contributed by atoms with Gasteiger partial charge in [0.2, 0.25) is 11.8 Å². The van der Waals surface area contributed by atoms with Crippen LogP contribution in [-0.4, -0.2) is 58.5 Å². The summed E-state index contributed by atoms with van der Waals surface area (Å²) >= 11 is 0.